The number of sulfone groups is 1. The number of hydrogen-bond donors (Lipinski definition) is 1. The lowest BCUT2D eigenvalue weighted by Gasteiger charge is -2.20. The van der Waals surface area contributed by atoms with Crippen molar-refractivity contribution >= 4 is 38.4 Å². The fourth-order valence-corrected chi connectivity index (χ4v) is 5.56. The van der Waals surface area contributed by atoms with Gasteiger partial charge in [0.05, 0.1) is 22.5 Å². The molecule has 2 fully saturated rings. The van der Waals surface area contributed by atoms with Gasteiger partial charge in [0, 0.05) is 19.5 Å². The summed E-state index contributed by atoms with van der Waals surface area (Å²) in [6.07, 6.45) is 2.95. The molecule has 1 aromatic carbocycles. The Bertz CT molecular complexity index is 939. The van der Waals surface area contributed by atoms with Crippen LogP contribution in [-0.4, -0.2) is 48.9 Å². The van der Waals surface area contributed by atoms with Crippen molar-refractivity contribution in [3.05, 3.63) is 24.3 Å². The van der Waals surface area contributed by atoms with Crippen LogP contribution >= 0.6 is 0 Å². The molecule has 1 amide bonds. The molecular weight excluding hydrogens is 352 g/mol. The Morgan fingerprint density at radius 2 is 1.85 bits per heavy atom. The van der Waals surface area contributed by atoms with E-state index in [-0.39, 0.29) is 29.8 Å². The number of nitrogens with zero attached hydrogens (tertiary/aromatic N) is 3. The van der Waals surface area contributed by atoms with Gasteiger partial charge < -0.3 is 10.2 Å². The predicted molar refractivity (Wildman–Crippen MR) is 101 cm³/mol. The van der Waals surface area contributed by atoms with Crippen molar-refractivity contribution in [2.45, 2.75) is 25.7 Å². The first kappa shape index (κ1) is 17.2. The maximum atomic E-state index is 12.5. The molecule has 2 aromatic rings. The zero-order chi connectivity index (χ0) is 18.1. The van der Waals surface area contributed by atoms with Gasteiger partial charge >= 0.3 is 0 Å². The van der Waals surface area contributed by atoms with Crippen LogP contribution in [0, 0.1) is 5.92 Å². The number of carbonyl (C=O) groups excluding carboxylic acids is 1. The highest BCUT2D eigenvalue weighted by molar-refractivity contribution is 7.91. The van der Waals surface area contributed by atoms with Gasteiger partial charge in [-0.25, -0.2) is 18.4 Å². The average Bonchev–Trinajstić information content (AvgIpc) is 3.24. The van der Waals surface area contributed by atoms with Crippen LogP contribution in [0.3, 0.4) is 0 Å². The van der Waals surface area contributed by atoms with Gasteiger partial charge in [0.15, 0.2) is 21.5 Å². The van der Waals surface area contributed by atoms with Gasteiger partial charge in [-0.3, -0.25) is 4.79 Å². The van der Waals surface area contributed by atoms with Crippen LogP contribution in [0.1, 0.15) is 25.7 Å². The van der Waals surface area contributed by atoms with E-state index in [4.69, 9.17) is 4.98 Å². The van der Waals surface area contributed by atoms with Crippen molar-refractivity contribution in [3.8, 4) is 0 Å². The zero-order valence-corrected chi connectivity index (χ0v) is 15.3. The molecule has 0 aliphatic carbocycles. The van der Waals surface area contributed by atoms with Crippen LogP contribution in [0.2, 0.25) is 0 Å². The number of carbonyl (C=O) groups is 1. The van der Waals surface area contributed by atoms with E-state index in [1.165, 1.54) is 0 Å². The highest BCUT2D eigenvalue weighted by Gasteiger charge is 2.30. The summed E-state index contributed by atoms with van der Waals surface area (Å²) in [6, 6.07) is 7.59. The number of fused-ring (bicyclic) bond motifs is 1. The van der Waals surface area contributed by atoms with E-state index in [0.717, 1.165) is 37.0 Å². The molecular formula is C18H22N4O3S. The van der Waals surface area contributed by atoms with E-state index in [0.29, 0.717) is 18.1 Å². The van der Waals surface area contributed by atoms with Crippen LogP contribution < -0.4 is 10.2 Å². The Kier molecular flexibility index (Phi) is 4.52. The number of nitrogens with one attached hydrogen (secondary N) is 1. The van der Waals surface area contributed by atoms with Gasteiger partial charge in [-0.05, 0) is 37.3 Å². The fraction of sp³-hybridized carbons (Fsp3) is 0.500. The minimum atomic E-state index is -2.98. The molecule has 7 nitrogen and oxygen atoms in total. The third kappa shape index (κ3) is 3.65. The average molecular weight is 374 g/mol. The molecule has 0 spiro atoms. The second-order valence-electron chi connectivity index (χ2n) is 7.10. The van der Waals surface area contributed by atoms with Crippen molar-refractivity contribution in [2.24, 2.45) is 5.92 Å². The highest BCUT2D eigenvalue weighted by Crippen LogP contribution is 2.29. The number of hydrogen-bond acceptors (Lipinski definition) is 6. The topological polar surface area (TPSA) is 92.3 Å². The summed E-state index contributed by atoms with van der Waals surface area (Å²) in [5.41, 5.74) is 1.53. The van der Waals surface area contributed by atoms with E-state index >= 15 is 0 Å². The van der Waals surface area contributed by atoms with E-state index in [2.05, 4.69) is 15.2 Å². The molecule has 26 heavy (non-hydrogen) atoms. The molecule has 8 heteroatoms. The molecule has 4 rings (SSSR count). The van der Waals surface area contributed by atoms with E-state index in [9.17, 15) is 13.2 Å². The largest absolute Gasteiger partial charge is 0.354 e. The number of rotatable bonds is 4. The summed E-state index contributed by atoms with van der Waals surface area (Å²) < 4.78 is 23.2. The molecule has 0 radical (unpaired) electrons. The third-order valence-corrected chi connectivity index (χ3v) is 6.85. The summed E-state index contributed by atoms with van der Waals surface area (Å²) in [4.78, 5) is 24.0. The number of anilines is 2. The summed E-state index contributed by atoms with van der Waals surface area (Å²) >= 11 is 0. The number of amides is 1. The summed E-state index contributed by atoms with van der Waals surface area (Å²) in [7, 11) is -2.98. The Balaban J connectivity index is 1.58. The summed E-state index contributed by atoms with van der Waals surface area (Å²) in [5, 5.41) is 2.88. The molecule has 0 bridgehead atoms. The first-order chi connectivity index (χ1) is 12.5. The fourth-order valence-electron chi connectivity index (χ4n) is 3.70. The van der Waals surface area contributed by atoms with E-state index in [1.54, 1.807) is 0 Å². The van der Waals surface area contributed by atoms with Gasteiger partial charge in [-0.2, -0.15) is 0 Å². The second-order valence-corrected chi connectivity index (χ2v) is 9.33. The van der Waals surface area contributed by atoms with Crippen molar-refractivity contribution < 1.29 is 13.2 Å². The minimum Gasteiger partial charge on any atom is -0.354 e. The van der Waals surface area contributed by atoms with Crippen molar-refractivity contribution in [1.29, 1.82) is 0 Å². The van der Waals surface area contributed by atoms with Crippen molar-refractivity contribution in [3.63, 3.8) is 0 Å². The van der Waals surface area contributed by atoms with Crippen molar-refractivity contribution in [2.75, 3.05) is 34.8 Å². The quantitative estimate of drug-likeness (QED) is 0.880. The molecule has 1 N–H and O–H groups in total. The zero-order valence-electron chi connectivity index (χ0n) is 14.5. The highest BCUT2D eigenvalue weighted by atomic mass is 32.2. The number of para-hydroxylation sites is 2. The Morgan fingerprint density at radius 3 is 2.50 bits per heavy atom. The molecule has 1 atom stereocenters. The van der Waals surface area contributed by atoms with Gasteiger partial charge in [-0.1, -0.05) is 12.1 Å². The van der Waals surface area contributed by atoms with Crippen LogP contribution in [0.5, 0.6) is 0 Å². The Hall–Kier alpha value is -2.22. The van der Waals surface area contributed by atoms with Crippen LogP contribution in [0.4, 0.5) is 11.6 Å². The lowest BCUT2D eigenvalue weighted by atomic mass is 10.1. The minimum absolute atomic E-state index is 0.100. The first-order valence-electron chi connectivity index (χ1n) is 9.02. The normalized spacial score (nSPS) is 22.0. The Morgan fingerprint density at radius 1 is 1.15 bits per heavy atom. The van der Waals surface area contributed by atoms with Crippen molar-refractivity contribution in [1.82, 2.24) is 9.97 Å². The van der Waals surface area contributed by atoms with E-state index in [1.807, 2.05) is 24.3 Å². The Labute approximate surface area is 152 Å². The third-order valence-electron chi connectivity index (χ3n) is 5.02. The van der Waals surface area contributed by atoms with Gasteiger partial charge in [0.1, 0.15) is 0 Å². The standard InChI is InChI=1S/C18H22N4O3S/c23-16(11-13-7-10-26(24,25)12-13)21-17-18(22-8-3-4-9-22)20-15-6-2-1-5-14(15)19-17/h1-2,5-6,13H,3-4,7-12H2,(H,19,21,23). The van der Waals surface area contributed by atoms with Crippen LogP contribution in [0.25, 0.3) is 11.0 Å². The molecule has 2 aliphatic heterocycles. The smallest absolute Gasteiger partial charge is 0.225 e. The predicted octanol–water partition coefficient (Wildman–Crippen LogP) is 1.99. The van der Waals surface area contributed by atoms with Crippen LogP contribution in [0.15, 0.2) is 24.3 Å². The second kappa shape index (κ2) is 6.83. The number of aromatic nitrogens is 2. The molecule has 138 valence electrons. The molecule has 2 aliphatic rings. The lowest BCUT2D eigenvalue weighted by Crippen LogP contribution is -2.24. The SMILES string of the molecule is O=C(CC1CCS(=O)(=O)C1)Nc1nc2ccccc2nc1N1CCCC1. The van der Waals surface area contributed by atoms with Gasteiger partial charge in [0.25, 0.3) is 0 Å². The van der Waals surface area contributed by atoms with Gasteiger partial charge in [0.2, 0.25) is 5.91 Å². The molecule has 2 saturated heterocycles. The molecule has 1 aromatic heterocycles. The molecule has 0 saturated carbocycles. The molecule has 3 heterocycles. The van der Waals surface area contributed by atoms with Gasteiger partial charge in [-0.15, -0.1) is 0 Å². The molecule has 1 unspecified atom stereocenters. The first-order valence-corrected chi connectivity index (χ1v) is 10.8. The lowest BCUT2D eigenvalue weighted by molar-refractivity contribution is -0.116. The maximum Gasteiger partial charge on any atom is 0.225 e. The summed E-state index contributed by atoms with van der Waals surface area (Å²) in [6.45, 7) is 1.80. The van der Waals surface area contributed by atoms with E-state index < -0.39 is 9.84 Å². The number of benzene rings is 1. The van der Waals surface area contributed by atoms with Crippen LogP contribution in [-0.2, 0) is 14.6 Å². The summed E-state index contributed by atoms with van der Waals surface area (Å²) in [5.74, 6) is 1.15. The monoisotopic (exact) mass is 374 g/mol. The maximum absolute atomic E-state index is 12.5.